The second-order valence-corrected chi connectivity index (χ2v) is 6.50. The van der Waals surface area contributed by atoms with Crippen LogP contribution in [0.1, 0.15) is 37.1 Å². The molecule has 1 heterocycles. The number of nitrogens with zero attached hydrogens (tertiary/aromatic N) is 2. The topological polar surface area (TPSA) is 64.3 Å². The lowest BCUT2D eigenvalue weighted by Gasteiger charge is -2.33. The summed E-state index contributed by atoms with van der Waals surface area (Å²) in [4.78, 5) is 17.3. The molecule has 0 spiro atoms. The molecule has 1 atom stereocenters. The number of benzene rings is 1. The van der Waals surface area contributed by atoms with Gasteiger partial charge in [-0.3, -0.25) is 4.79 Å². The third-order valence-corrected chi connectivity index (χ3v) is 5.14. The van der Waals surface area contributed by atoms with E-state index < -0.39 is 5.60 Å². The van der Waals surface area contributed by atoms with E-state index in [9.17, 15) is 9.90 Å². The zero-order valence-corrected chi connectivity index (χ0v) is 14.2. The van der Waals surface area contributed by atoms with Crippen LogP contribution >= 0.6 is 0 Å². The lowest BCUT2D eigenvalue weighted by atomic mass is 9.77. The van der Waals surface area contributed by atoms with E-state index in [1.165, 1.54) is 0 Å². The van der Waals surface area contributed by atoms with Crippen LogP contribution in [0.5, 0.6) is 5.75 Å². The molecule has 0 amide bonds. The Labute approximate surface area is 142 Å². The number of aryl methyl sites for hydroxylation is 1. The Morgan fingerprint density at radius 3 is 2.54 bits per heavy atom. The first-order chi connectivity index (χ1) is 11.6. The van der Waals surface area contributed by atoms with E-state index in [1.807, 2.05) is 6.92 Å². The van der Waals surface area contributed by atoms with Crippen molar-refractivity contribution in [3.8, 4) is 5.75 Å². The van der Waals surface area contributed by atoms with Crippen molar-refractivity contribution < 1.29 is 14.6 Å². The van der Waals surface area contributed by atoms with E-state index in [-0.39, 0.29) is 18.2 Å². The van der Waals surface area contributed by atoms with Crippen LogP contribution in [0.4, 0.5) is 0 Å². The molecule has 2 aromatic rings. The number of ketones is 1. The summed E-state index contributed by atoms with van der Waals surface area (Å²) in [5, 5.41) is 11.5. The predicted octanol–water partition coefficient (Wildman–Crippen LogP) is 2.85. The lowest BCUT2D eigenvalue weighted by Crippen LogP contribution is -2.44. The van der Waals surface area contributed by atoms with E-state index in [0.717, 1.165) is 31.5 Å². The first-order valence-corrected chi connectivity index (χ1v) is 8.43. The highest BCUT2D eigenvalue weighted by molar-refractivity contribution is 5.88. The Morgan fingerprint density at radius 1 is 1.33 bits per heavy atom. The first kappa shape index (κ1) is 16.7. The second-order valence-electron chi connectivity index (χ2n) is 6.50. The van der Waals surface area contributed by atoms with Crippen molar-refractivity contribution in [1.29, 1.82) is 0 Å². The Bertz CT molecular complexity index is 702. The minimum Gasteiger partial charge on any atom is -0.497 e. The third-order valence-electron chi connectivity index (χ3n) is 5.14. The van der Waals surface area contributed by atoms with Crippen LogP contribution in [0.3, 0.4) is 0 Å². The Hall–Kier alpha value is -2.14. The quantitative estimate of drug-likeness (QED) is 0.885. The molecular formula is C19H24N2O3. The van der Waals surface area contributed by atoms with Gasteiger partial charge in [-0.15, -0.1) is 0 Å². The third kappa shape index (κ3) is 2.96. The molecule has 1 unspecified atom stereocenters. The SMILES string of the molecule is COc1ccc(C(O)(C(=O)Cn2ccnc2C)C2CCCC2)cc1. The van der Waals surface area contributed by atoms with Crippen LogP contribution in [-0.4, -0.2) is 27.6 Å². The summed E-state index contributed by atoms with van der Waals surface area (Å²) in [5.74, 6) is 1.26. The minimum absolute atomic E-state index is 0.0396. The molecule has 1 aromatic heterocycles. The predicted molar refractivity (Wildman–Crippen MR) is 90.8 cm³/mol. The molecule has 0 aliphatic heterocycles. The number of imidazole rings is 1. The average molecular weight is 328 g/mol. The standard InChI is InChI=1S/C19H24N2O3/c1-14-20-11-12-21(14)13-18(22)19(23,15-5-3-4-6-15)16-7-9-17(24-2)10-8-16/h7-12,15,23H,3-6,13H2,1-2H3. The van der Waals surface area contributed by atoms with E-state index in [2.05, 4.69) is 4.98 Å². The molecule has 0 bridgehead atoms. The highest BCUT2D eigenvalue weighted by Crippen LogP contribution is 2.42. The van der Waals surface area contributed by atoms with Gasteiger partial charge in [0.2, 0.25) is 0 Å². The van der Waals surface area contributed by atoms with Crippen molar-refractivity contribution in [3.63, 3.8) is 0 Å². The number of carbonyl (C=O) groups is 1. The van der Waals surface area contributed by atoms with Crippen molar-refractivity contribution in [1.82, 2.24) is 9.55 Å². The molecule has 1 saturated carbocycles. The maximum absolute atomic E-state index is 13.1. The van der Waals surface area contributed by atoms with Crippen molar-refractivity contribution in [2.24, 2.45) is 5.92 Å². The van der Waals surface area contributed by atoms with Gasteiger partial charge in [-0.25, -0.2) is 4.98 Å². The summed E-state index contributed by atoms with van der Waals surface area (Å²) in [5.41, 5.74) is -0.808. The lowest BCUT2D eigenvalue weighted by molar-refractivity contribution is -0.145. The van der Waals surface area contributed by atoms with Gasteiger partial charge in [0, 0.05) is 12.4 Å². The molecular weight excluding hydrogens is 304 g/mol. The maximum atomic E-state index is 13.1. The van der Waals surface area contributed by atoms with Crippen LogP contribution in [0.25, 0.3) is 0 Å². The second kappa shape index (κ2) is 6.77. The zero-order chi connectivity index (χ0) is 17.2. The average Bonchev–Trinajstić information content (AvgIpc) is 3.27. The van der Waals surface area contributed by atoms with Crippen molar-refractivity contribution in [2.75, 3.05) is 7.11 Å². The monoisotopic (exact) mass is 328 g/mol. The molecule has 1 aliphatic rings. The van der Waals surface area contributed by atoms with Crippen LogP contribution < -0.4 is 4.74 Å². The summed E-state index contributed by atoms with van der Waals surface area (Å²) in [6, 6.07) is 7.20. The van der Waals surface area contributed by atoms with Crippen LogP contribution in [0.2, 0.25) is 0 Å². The summed E-state index contributed by atoms with van der Waals surface area (Å²) in [6.07, 6.45) is 7.30. The number of rotatable bonds is 6. The summed E-state index contributed by atoms with van der Waals surface area (Å²) in [6.45, 7) is 1.99. The number of methoxy groups -OCH3 is 1. The van der Waals surface area contributed by atoms with E-state index in [4.69, 9.17) is 4.74 Å². The normalized spacial score (nSPS) is 17.6. The number of ether oxygens (including phenoxy) is 1. The molecule has 0 saturated heterocycles. The summed E-state index contributed by atoms with van der Waals surface area (Å²) < 4.78 is 6.97. The number of aliphatic hydroxyl groups is 1. The fourth-order valence-corrected chi connectivity index (χ4v) is 3.66. The minimum atomic E-state index is -1.46. The Morgan fingerprint density at radius 2 is 2.00 bits per heavy atom. The van der Waals surface area contributed by atoms with Crippen LogP contribution in [0.15, 0.2) is 36.7 Å². The number of hydrogen-bond acceptors (Lipinski definition) is 4. The molecule has 1 aromatic carbocycles. The molecule has 3 rings (SSSR count). The van der Waals surface area contributed by atoms with Gasteiger partial charge in [-0.2, -0.15) is 0 Å². The number of Topliss-reactive ketones (excluding diaryl/α,β-unsaturated/α-hetero) is 1. The molecule has 5 nitrogen and oxygen atoms in total. The van der Waals surface area contributed by atoms with Crippen LogP contribution in [-0.2, 0) is 16.9 Å². The maximum Gasteiger partial charge on any atom is 0.188 e. The summed E-state index contributed by atoms with van der Waals surface area (Å²) in [7, 11) is 1.60. The number of carbonyl (C=O) groups excluding carboxylic acids is 1. The van der Waals surface area contributed by atoms with Gasteiger partial charge in [0.1, 0.15) is 11.6 Å². The van der Waals surface area contributed by atoms with E-state index in [1.54, 1.807) is 48.3 Å². The molecule has 0 radical (unpaired) electrons. The number of aromatic nitrogens is 2. The molecule has 128 valence electrons. The highest BCUT2D eigenvalue weighted by atomic mass is 16.5. The Balaban J connectivity index is 1.94. The fourth-order valence-electron chi connectivity index (χ4n) is 3.66. The van der Waals surface area contributed by atoms with Crippen molar-refractivity contribution in [2.45, 2.75) is 44.8 Å². The van der Waals surface area contributed by atoms with Gasteiger partial charge in [-0.05, 0) is 43.4 Å². The van der Waals surface area contributed by atoms with Gasteiger partial charge in [0.15, 0.2) is 11.4 Å². The van der Waals surface area contributed by atoms with Crippen LogP contribution in [0, 0.1) is 12.8 Å². The van der Waals surface area contributed by atoms with Gasteiger partial charge >= 0.3 is 0 Å². The van der Waals surface area contributed by atoms with Gasteiger partial charge in [0.25, 0.3) is 0 Å². The molecule has 1 aliphatic carbocycles. The van der Waals surface area contributed by atoms with Crippen molar-refractivity contribution in [3.05, 3.63) is 48.0 Å². The van der Waals surface area contributed by atoms with Crippen molar-refractivity contribution >= 4 is 5.78 Å². The molecule has 1 N–H and O–H groups in total. The van der Waals surface area contributed by atoms with Gasteiger partial charge < -0.3 is 14.4 Å². The van der Waals surface area contributed by atoms with E-state index in [0.29, 0.717) is 11.3 Å². The zero-order valence-electron chi connectivity index (χ0n) is 14.2. The van der Waals surface area contributed by atoms with E-state index >= 15 is 0 Å². The highest BCUT2D eigenvalue weighted by Gasteiger charge is 2.45. The first-order valence-electron chi connectivity index (χ1n) is 8.43. The number of hydrogen-bond donors (Lipinski definition) is 1. The summed E-state index contributed by atoms with van der Waals surface area (Å²) >= 11 is 0. The Kier molecular flexibility index (Phi) is 4.71. The molecule has 1 fully saturated rings. The van der Waals surface area contributed by atoms with Gasteiger partial charge in [0.05, 0.1) is 13.7 Å². The fraction of sp³-hybridized carbons (Fsp3) is 0.474. The molecule has 24 heavy (non-hydrogen) atoms. The molecule has 5 heteroatoms. The van der Waals surface area contributed by atoms with Gasteiger partial charge in [-0.1, -0.05) is 25.0 Å². The smallest absolute Gasteiger partial charge is 0.188 e. The largest absolute Gasteiger partial charge is 0.497 e.